The molecular formula is C39H27N3O6. The molecule has 9 heteroatoms. The topological polar surface area (TPSA) is 136 Å². The van der Waals surface area contributed by atoms with E-state index in [1.807, 2.05) is 36.4 Å². The second-order valence-corrected chi connectivity index (χ2v) is 10.8. The molecule has 7 aromatic rings. The molecule has 0 saturated heterocycles. The number of nitrogens with zero attached hydrogens (tertiary/aromatic N) is 1. The average molecular weight is 634 g/mol. The summed E-state index contributed by atoms with van der Waals surface area (Å²) < 4.78 is 23.9. The third-order valence-electron chi connectivity index (χ3n) is 7.51. The van der Waals surface area contributed by atoms with Gasteiger partial charge in [-0.05, 0) is 72.8 Å². The molecule has 0 saturated carbocycles. The number of hydrogen-bond donors (Lipinski definition) is 2. The van der Waals surface area contributed by atoms with Crippen LogP contribution in [0.2, 0.25) is 0 Å². The lowest BCUT2D eigenvalue weighted by Gasteiger charge is -2.13. The first-order valence-electron chi connectivity index (χ1n) is 14.9. The maximum absolute atomic E-state index is 12.8. The number of nitrogen functional groups attached to an aromatic ring is 2. The van der Waals surface area contributed by atoms with Crippen LogP contribution in [-0.4, -0.2) is 16.9 Å². The number of benzene rings is 6. The smallest absolute Gasteiger partial charge is 0.343 e. The van der Waals surface area contributed by atoms with Gasteiger partial charge in [-0.15, -0.1) is 0 Å². The average Bonchev–Trinajstić information content (AvgIpc) is 3.10. The van der Waals surface area contributed by atoms with Crippen LogP contribution in [-0.2, 0) is 0 Å². The lowest BCUT2D eigenvalue weighted by atomic mass is 10.1. The maximum Gasteiger partial charge on any atom is 0.343 e. The van der Waals surface area contributed by atoms with Crippen LogP contribution in [0.4, 0.5) is 11.4 Å². The molecule has 0 atom stereocenters. The molecule has 4 N–H and O–H groups in total. The van der Waals surface area contributed by atoms with Crippen LogP contribution in [0.15, 0.2) is 140 Å². The molecule has 0 aliphatic rings. The molecule has 0 fully saturated rings. The summed E-state index contributed by atoms with van der Waals surface area (Å²) >= 11 is 0. The molecule has 48 heavy (non-hydrogen) atoms. The fraction of sp³-hybridized carbons (Fsp3) is 0. The highest BCUT2D eigenvalue weighted by Gasteiger charge is 2.16. The fourth-order valence-electron chi connectivity index (χ4n) is 5.15. The van der Waals surface area contributed by atoms with E-state index >= 15 is 0 Å². The number of fused-ring (bicyclic) bond motifs is 2. The van der Waals surface area contributed by atoms with Crippen molar-refractivity contribution in [1.29, 1.82) is 0 Å². The molecule has 0 aliphatic heterocycles. The largest absolute Gasteiger partial charge is 0.438 e. The van der Waals surface area contributed by atoms with Crippen molar-refractivity contribution >= 4 is 44.9 Å². The van der Waals surface area contributed by atoms with E-state index in [1.165, 1.54) is 0 Å². The fourth-order valence-corrected chi connectivity index (χ4v) is 5.15. The third kappa shape index (κ3) is 6.29. The predicted molar refractivity (Wildman–Crippen MR) is 184 cm³/mol. The molecule has 0 spiro atoms. The van der Waals surface area contributed by atoms with Crippen molar-refractivity contribution in [3.05, 3.63) is 151 Å². The SMILES string of the molecule is Nc1ccc(C(=O)Oc2cccc3c(Oc4cccc(Oc5cccc6c(OC(=O)c7ccc(N)cc7)cccc56)n4)cccc23)cc1. The Morgan fingerprint density at radius 3 is 1.15 bits per heavy atom. The normalized spacial score (nSPS) is 10.8. The quantitative estimate of drug-likeness (QED) is 0.0958. The van der Waals surface area contributed by atoms with Crippen LogP contribution in [0, 0.1) is 0 Å². The van der Waals surface area contributed by atoms with Crippen molar-refractivity contribution < 1.29 is 28.5 Å². The first kappa shape index (κ1) is 29.8. The Labute approximate surface area is 274 Å². The third-order valence-corrected chi connectivity index (χ3v) is 7.51. The van der Waals surface area contributed by atoms with Crippen molar-refractivity contribution in [3.8, 4) is 34.8 Å². The molecule has 9 nitrogen and oxygen atoms in total. The van der Waals surface area contributed by atoms with E-state index in [0.717, 1.165) is 10.8 Å². The van der Waals surface area contributed by atoms with Gasteiger partial charge in [0.05, 0.1) is 11.1 Å². The number of hydrogen-bond acceptors (Lipinski definition) is 9. The summed E-state index contributed by atoms with van der Waals surface area (Å²) in [5.41, 5.74) is 13.4. The highest BCUT2D eigenvalue weighted by Crippen LogP contribution is 2.37. The van der Waals surface area contributed by atoms with Crippen LogP contribution in [0.5, 0.6) is 34.8 Å². The number of carbonyl (C=O) groups excluding carboxylic acids is 2. The number of pyridine rings is 1. The van der Waals surface area contributed by atoms with Crippen LogP contribution in [0.3, 0.4) is 0 Å². The van der Waals surface area contributed by atoms with Crippen LogP contribution < -0.4 is 30.4 Å². The van der Waals surface area contributed by atoms with Crippen molar-refractivity contribution in [3.63, 3.8) is 0 Å². The highest BCUT2D eigenvalue weighted by atomic mass is 16.5. The number of esters is 2. The zero-order valence-electron chi connectivity index (χ0n) is 25.3. The van der Waals surface area contributed by atoms with E-state index in [-0.39, 0.29) is 0 Å². The second-order valence-electron chi connectivity index (χ2n) is 10.8. The van der Waals surface area contributed by atoms with Crippen LogP contribution in [0.25, 0.3) is 21.5 Å². The molecule has 0 unspecified atom stereocenters. The zero-order valence-corrected chi connectivity index (χ0v) is 25.3. The van der Waals surface area contributed by atoms with Gasteiger partial charge in [-0.1, -0.05) is 54.6 Å². The second kappa shape index (κ2) is 12.9. The van der Waals surface area contributed by atoms with Gasteiger partial charge in [0.2, 0.25) is 11.8 Å². The monoisotopic (exact) mass is 633 g/mol. The number of carbonyl (C=O) groups is 2. The minimum absolute atomic E-state index is 0.294. The van der Waals surface area contributed by atoms with Crippen LogP contribution in [0.1, 0.15) is 20.7 Å². The Morgan fingerprint density at radius 1 is 0.417 bits per heavy atom. The molecule has 234 valence electrons. The summed E-state index contributed by atoms with van der Waals surface area (Å²) in [5, 5.41) is 2.83. The summed E-state index contributed by atoms with van der Waals surface area (Å²) in [7, 11) is 0. The zero-order chi connectivity index (χ0) is 33.0. The number of ether oxygens (including phenoxy) is 4. The molecule has 7 rings (SSSR count). The van der Waals surface area contributed by atoms with Crippen molar-refractivity contribution in [2.45, 2.75) is 0 Å². The van der Waals surface area contributed by atoms with E-state index in [1.54, 1.807) is 103 Å². The van der Waals surface area contributed by atoms with Gasteiger partial charge in [-0.25, -0.2) is 9.59 Å². The van der Waals surface area contributed by atoms with Crippen molar-refractivity contribution in [1.82, 2.24) is 4.98 Å². The van der Waals surface area contributed by atoms with E-state index in [2.05, 4.69) is 4.98 Å². The predicted octanol–water partition coefficient (Wildman–Crippen LogP) is 8.58. The molecule has 0 aliphatic carbocycles. The molecule has 0 amide bonds. The van der Waals surface area contributed by atoms with Gasteiger partial charge in [0.15, 0.2) is 0 Å². The molecular weight excluding hydrogens is 606 g/mol. The van der Waals surface area contributed by atoms with Crippen molar-refractivity contribution in [2.75, 3.05) is 11.5 Å². The van der Waals surface area contributed by atoms with Gasteiger partial charge in [0.25, 0.3) is 0 Å². The number of nitrogens with two attached hydrogens (primary N) is 2. The standard InChI is InChI=1S/C39H27N3O6/c40-26-20-16-24(17-21-26)38(43)47-34-12-3-6-28-30(34)8-1-10-32(28)45-36-14-5-15-37(42-36)46-33-11-2-9-31-29(33)7-4-13-35(31)48-39(44)25-18-22-27(41)23-19-25/h1-23H,40-41H2. The first-order valence-corrected chi connectivity index (χ1v) is 14.9. The van der Waals surface area contributed by atoms with E-state index < -0.39 is 11.9 Å². The number of anilines is 2. The van der Waals surface area contributed by atoms with E-state index in [0.29, 0.717) is 68.0 Å². The minimum Gasteiger partial charge on any atom is -0.438 e. The number of aromatic nitrogens is 1. The van der Waals surface area contributed by atoms with E-state index in [4.69, 9.17) is 30.4 Å². The summed E-state index contributed by atoms with van der Waals surface area (Å²) in [6.45, 7) is 0. The lowest BCUT2D eigenvalue weighted by molar-refractivity contribution is 0.0727. The van der Waals surface area contributed by atoms with Gasteiger partial charge in [-0.2, -0.15) is 4.98 Å². The summed E-state index contributed by atoms with van der Waals surface area (Å²) in [6.07, 6.45) is 0. The molecule has 1 heterocycles. The molecule has 1 aromatic heterocycles. The maximum atomic E-state index is 12.8. The van der Waals surface area contributed by atoms with E-state index in [9.17, 15) is 9.59 Å². The summed E-state index contributed by atoms with van der Waals surface area (Å²) in [5.74, 6) is 1.39. The first-order chi connectivity index (χ1) is 23.4. The van der Waals surface area contributed by atoms with Crippen LogP contribution >= 0.6 is 0 Å². The molecule has 0 radical (unpaired) electrons. The Balaban J connectivity index is 1.11. The Kier molecular flexibility index (Phi) is 7.99. The van der Waals surface area contributed by atoms with Crippen molar-refractivity contribution in [2.24, 2.45) is 0 Å². The number of rotatable bonds is 8. The van der Waals surface area contributed by atoms with Gasteiger partial charge < -0.3 is 30.4 Å². The molecule has 0 bridgehead atoms. The molecule has 6 aromatic carbocycles. The highest BCUT2D eigenvalue weighted by molar-refractivity contribution is 5.99. The minimum atomic E-state index is -0.499. The van der Waals surface area contributed by atoms with Gasteiger partial charge in [0.1, 0.15) is 23.0 Å². The summed E-state index contributed by atoms with van der Waals surface area (Å²) in [4.78, 5) is 30.2. The van der Waals surface area contributed by atoms with Gasteiger partial charge in [0, 0.05) is 45.1 Å². The summed E-state index contributed by atoms with van der Waals surface area (Å²) in [6, 6.07) is 40.0. The Hall–Kier alpha value is -6.87. The Bertz CT molecular complexity index is 2140. The lowest BCUT2D eigenvalue weighted by Crippen LogP contribution is -2.08. The Morgan fingerprint density at radius 2 is 0.750 bits per heavy atom. The van der Waals surface area contributed by atoms with Gasteiger partial charge in [-0.3, -0.25) is 0 Å². The van der Waals surface area contributed by atoms with Gasteiger partial charge >= 0.3 is 11.9 Å².